The van der Waals surface area contributed by atoms with Crippen LogP contribution in [0.15, 0.2) is 256 Å². The molecular formula is C76H73BBr3NO13-. The molecule has 0 spiro atoms. The number of benzene rings is 10. The Hall–Kier alpha value is -9.51. The molecule has 14 nitrogen and oxygen atoms in total. The largest absolute Gasteiger partial charge is 0.504 e. The van der Waals surface area contributed by atoms with Gasteiger partial charge in [-0.3, -0.25) is 9.59 Å². The van der Waals surface area contributed by atoms with Gasteiger partial charge in [0.15, 0.2) is 88.2 Å². The van der Waals surface area contributed by atoms with Crippen LogP contribution in [0.4, 0.5) is 0 Å². The Morgan fingerprint density at radius 1 is 0.489 bits per heavy atom. The highest BCUT2D eigenvalue weighted by Crippen LogP contribution is 2.39. The van der Waals surface area contributed by atoms with Gasteiger partial charge in [0, 0.05) is 33.0 Å². The van der Waals surface area contributed by atoms with Crippen LogP contribution >= 0.6 is 47.8 Å². The van der Waals surface area contributed by atoms with Crippen molar-refractivity contribution in [3.05, 3.63) is 302 Å². The molecule has 0 aliphatic carbocycles. The summed E-state index contributed by atoms with van der Waals surface area (Å²) in [7, 11) is 0. The number of phenols is 2. The number of fused-ring (bicyclic) bond motifs is 3. The Kier molecular flexibility index (Phi) is 32.0. The Morgan fingerprint density at radius 2 is 0.830 bits per heavy atom. The number of hydrogen-bond acceptors (Lipinski definition) is 14. The minimum Gasteiger partial charge on any atom is -0.504 e. The highest BCUT2D eigenvalue weighted by molar-refractivity contribution is 9.11. The number of ketones is 1. The number of aromatic hydroxyl groups is 2. The van der Waals surface area contributed by atoms with Crippen LogP contribution in [0.2, 0.25) is 0 Å². The van der Waals surface area contributed by atoms with Crippen LogP contribution in [0.5, 0.6) is 57.5 Å². The van der Waals surface area contributed by atoms with Crippen molar-refractivity contribution in [3.63, 3.8) is 0 Å². The van der Waals surface area contributed by atoms with Gasteiger partial charge in [-0.15, -0.1) is 0 Å². The molecule has 3 aliphatic heterocycles. The number of aldehydes is 1. The van der Waals surface area contributed by atoms with E-state index in [-0.39, 0.29) is 86.9 Å². The smallest absolute Gasteiger partial charge is 0.200 e. The number of nitriles is 1. The number of aliphatic hydroxyl groups excluding tert-OH is 1. The van der Waals surface area contributed by atoms with Gasteiger partial charge >= 0.3 is 0 Å². The molecule has 485 valence electrons. The maximum absolute atomic E-state index is 11.8. The molecule has 10 aromatic rings. The molecule has 0 saturated heterocycles. The van der Waals surface area contributed by atoms with E-state index in [1.165, 1.54) is 6.07 Å². The Labute approximate surface area is 578 Å². The lowest BCUT2D eigenvalue weighted by Crippen LogP contribution is -2.21. The van der Waals surface area contributed by atoms with E-state index in [0.717, 1.165) is 76.5 Å². The monoisotopic (exact) mass is 1460 g/mol. The molecule has 3 N–H and O–H groups in total. The van der Waals surface area contributed by atoms with Crippen LogP contribution < -0.4 is 37.9 Å². The zero-order chi connectivity index (χ0) is 62.3. The number of carbonyl (C=O) groups excluding carboxylic acids is 2. The molecule has 0 fully saturated rings. The summed E-state index contributed by atoms with van der Waals surface area (Å²) in [4.78, 5) is 22.4. The molecular weight excluding hydrogens is 1390 g/mol. The van der Waals surface area contributed by atoms with Gasteiger partial charge in [-0.25, -0.2) is 0 Å². The van der Waals surface area contributed by atoms with Crippen molar-refractivity contribution in [1.82, 2.24) is 0 Å². The summed E-state index contributed by atoms with van der Waals surface area (Å²) in [5.74, 6) is 5.35. The van der Waals surface area contributed by atoms with E-state index in [9.17, 15) is 24.9 Å². The minimum atomic E-state index is -0.724. The van der Waals surface area contributed by atoms with E-state index in [1.807, 2.05) is 146 Å². The van der Waals surface area contributed by atoms with Gasteiger partial charge < -0.3 is 60.6 Å². The summed E-state index contributed by atoms with van der Waals surface area (Å²) < 4.78 is 48.3. The van der Waals surface area contributed by atoms with E-state index < -0.39 is 6.10 Å². The summed E-state index contributed by atoms with van der Waals surface area (Å²) in [6.07, 6.45) is -0.166. The molecule has 4 unspecified atom stereocenters. The standard InChI is InChI=1S/C15H11NO2.C15H12O3.C14H13BrO3.C14H11BrO3.C14H11BrO2.3CH4.CH3.B/c2*16-9-11-5-7-12(8-6-11)15-10-17-13-3-1-2-4-14(13)18-15;2*15-11-7-5-10(6-8-11)13(17)9-18-14-4-2-1-3-12(14)16;15-11-7-5-10(6-8-11)14-9-16-12-3-1-2-4-13(12)17-14;;;;;/h1-8,15H,10H2;1-9,15H,10H2;1-8,13,16-17H,9H2;1-8,16H,9H2;1-8,14H,9H2;3*1H4;1H3;/q;;;;;;;;-1;. The molecule has 3 heterocycles. The van der Waals surface area contributed by atoms with Crippen molar-refractivity contribution in [1.29, 1.82) is 5.26 Å². The first-order valence-corrected chi connectivity index (χ1v) is 30.3. The molecule has 0 bridgehead atoms. The summed E-state index contributed by atoms with van der Waals surface area (Å²) in [5.41, 5.74) is 5.82. The molecule has 3 aliphatic rings. The number of carbonyl (C=O) groups is 2. The third kappa shape index (κ3) is 22.4. The summed E-state index contributed by atoms with van der Waals surface area (Å²) in [5, 5.41) is 37.7. The molecule has 94 heavy (non-hydrogen) atoms. The minimum absolute atomic E-state index is 0. The number of nitrogens with zero attached hydrogens (tertiary/aromatic N) is 1. The van der Waals surface area contributed by atoms with Crippen LogP contribution in [-0.2, 0) is 0 Å². The number of halogens is 3. The fourth-order valence-corrected chi connectivity index (χ4v) is 9.55. The second-order valence-corrected chi connectivity index (χ2v) is 22.4. The molecule has 3 radical (unpaired) electrons. The highest BCUT2D eigenvalue weighted by Gasteiger charge is 2.25. The van der Waals surface area contributed by atoms with E-state index in [1.54, 1.807) is 91.0 Å². The quantitative estimate of drug-likeness (QED) is 0.0453. The molecule has 0 saturated carbocycles. The molecule has 10 aromatic carbocycles. The third-order valence-electron chi connectivity index (χ3n) is 13.5. The van der Waals surface area contributed by atoms with Crippen LogP contribution in [0, 0.1) is 18.8 Å². The van der Waals surface area contributed by atoms with Crippen LogP contribution in [0.1, 0.15) is 95.2 Å². The van der Waals surface area contributed by atoms with Crippen LogP contribution in [0.25, 0.3) is 0 Å². The van der Waals surface area contributed by atoms with Crippen molar-refractivity contribution >= 4 is 68.3 Å². The van der Waals surface area contributed by atoms with E-state index in [0.29, 0.717) is 48.0 Å². The van der Waals surface area contributed by atoms with Gasteiger partial charge in [0.2, 0.25) is 0 Å². The number of hydrogen-bond donors (Lipinski definition) is 3. The van der Waals surface area contributed by atoms with Gasteiger partial charge in [0.1, 0.15) is 38.8 Å². The molecule has 0 amide bonds. The number of phenolic OH excluding ortho intramolecular Hbond substituents is 2. The SMILES string of the molecule is Brc1ccc(C2COc3ccccc3O2)cc1.C.C.C.N#Cc1ccc(C2COc3ccccc3O2)cc1.O=C(COc1ccccc1O)c1ccc(Br)cc1.O=Cc1ccc(C2COc3ccccc3O2)cc1.Oc1ccccc1OCC(O)c1ccc(Br)cc1.[B].[CH3-]. The Bertz CT molecular complexity index is 3950. The predicted molar refractivity (Wildman–Crippen MR) is 380 cm³/mol. The van der Waals surface area contributed by atoms with Crippen LogP contribution in [-0.4, -0.2) is 68.8 Å². The van der Waals surface area contributed by atoms with E-state index >= 15 is 0 Å². The summed E-state index contributed by atoms with van der Waals surface area (Å²) in [6, 6.07) is 75.6. The number of ether oxygens (including phenoxy) is 8. The zero-order valence-electron chi connectivity index (χ0n) is 49.1. The second kappa shape index (κ2) is 39.1. The van der Waals surface area contributed by atoms with Crippen molar-refractivity contribution in [2.45, 2.75) is 46.7 Å². The Morgan fingerprint density at radius 3 is 1.22 bits per heavy atom. The van der Waals surface area contributed by atoms with E-state index in [2.05, 4.69) is 53.9 Å². The van der Waals surface area contributed by atoms with Gasteiger partial charge in [-0.2, -0.15) is 5.26 Å². The first-order valence-electron chi connectivity index (χ1n) is 27.9. The Balaban J connectivity index is 0.000000247. The number of Topliss-reactive ketones (excluding diaryl/α,β-unsaturated/α-hetero) is 1. The molecule has 13 rings (SSSR count). The lowest BCUT2D eigenvalue weighted by Gasteiger charge is -2.26. The normalized spacial score (nSPS) is 14.0. The fourth-order valence-electron chi connectivity index (χ4n) is 8.76. The maximum atomic E-state index is 11.8. The molecule has 0 aromatic heterocycles. The number of para-hydroxylation sites is 10. The first kappa shape index (κ1) is 76.9. The van der Waals surface area contributed by atoms with Gasteiger partial charge in [0.05, 0.1) is 11.6 Å². The van der Waals surface area contributed by atoms with Gasteiger partial charge in [-0.05, 0) is 131 Å². The number of rotatable bonds is 12. The number of aliphatic hydroxyl groups is 1. The lowest BCUT2D eigenvalue weighted by molar-refractivity contribution is 0.0912. The first-order chi connectivity index (χ1) is 43.4. The molecule has 4 atom stereocenters. The third-order valence-corrected chi connectivity index (χ3v) is 15.1. The van der Waals surface area contributed by atoms with E-state index in [4.69, 9.17) is 43.2 Å². The van der Waals surface area contributed by atoms with Crippen LogP contribution in [0.3, 0.4) is 0 Å². The van der Waals surface area contributed by atoms with Gasteiger partial charge in [-0.1, -0.05) is 204 Å². The average molecular weight is 1460 g/mol. The highest BCUT2D eigenvalue weighted by atomic mass is 79.9. The summed E-state index contributed by atoms with van der Waals surface area (Å²) >= 11 is 10.1. The fraction of sp³-hybridized carbons (Fsp3) is 0.158. The van der Waals surface area contributed by atoms with Crippen molar-refractivity contribution in [2.75, 3.05) is 33.0 Å². The van der Waals surface area contributed by atoms with Crippen molar-refractivity contribution < 1.29 is 62.8 Å². The lowest BCUT2D eigenvalue weighted by atomic mass is 10.1. The second-order valence-electron chi connectivity index (χ2n) is 19.7. The summed E-state index contributed by atoms with van der Waals surface area (Å²) in [6.45, 7) is 1.53. The average Bonchev–Trinajstić information content (AvgIpc) is 0.859. The van der Waals surface area contributed by atoms with Gasteiger partial charge in [0.25, 0.3) is 0 Å². The zero-order valence-corrected chi connectivity index (χ0v) is 53.9. The maximum Gasteiger partial charge on any atom is 0.200 e. The predicted octanol–water partition coefficient (Wildman–Crippen LogP) is 18.7. The van der Waals surface area contributed by atoms with Crippen molar-refractivity contribution in [3.8, 4) is 63.6 Å². The molecule has 18 heteroatoms. The van der Waals surface area contributed by atoms with Crippen molar-refractivity contribution in [2.24, 2.45) is 0 Å². The topological polar surface area (TPSA) is 192 Å².